The molecule has 1 fully saturated rings. The van der Waals surface area contributed by atoms with Gasteiger partial charge in [-0.05, 0) is 52.1 Å². The lowest BCUT2D eigenvalue weighted by Crippen LogP contribution is -2.66. The van der Waals surface area contributed by atoms with Crippen LogP contribution in [0.4, 0.5) is 0 Å². The zero-order chi connectivity index (χ0) is 33.8. The molecule has 6 rings (SSSR count). The van der Waals surface area contributed by atoms with E-state index in [1.807, 2.05) is 140 Å². The van der Waals surface area contributed by atoms with Gasteiger partial charge in [-0.1, -0.05) is 143 Å². The van der Waals surface area contributed by atoms with Crippen molar-refractivity contribution in [2.75, 3.05) is 0 Å². The third kappa shape index (κ3) is 10.1. The maximum absolute atomic E-state index is 12.2. The molecular weight excluding hydrogens is 704 g/mol. The van der Waals surface area contributed by atoms with Gasteiger partial charge in [0.2, 0.25) is 0 Å². The summed E-state index contributed by atoms with van der Waals surface area (Å²) in [5.41, 5.74) is 4.86. The molecule has 1 aliphatic carbocycles. The maximum Gasteiger partial charge on any atom is 0.116 e. The number of aliphatic hydroxyl groups is 1. The summed E-state index contributed by atoms with van der Waals surface area (Å²) in [6, 6.07) is 45.2. The van der Waals surface area contributed by atoms with Crippen LogP contribution in [0, 0.1) is 0 Å². The molecule has 0 saturated heterocycles. The second-order valence-corrected chi connectivity index (χ2v) is 13.4. The molecule has 0 radical (unpaired) electrons. The Morgan fingerprint density at radius 2 is 0.694 bits per heavy atom. The molecule has 0 heterocycles. The summed E-state index contributed by atoms with van der Waals surface area (Å²) in [4.78, 5) is 0. The van der Waals surface area contributed by atoms with Gasteiger partial charge in [0, 0.05) is 9.50 Å². The van der Waals surface area contributed by atoms with Crippen LogP contribution in [0.1, 0.15) is 27.8 Å². The molecule has 5 aromatic rings. The van der Waals surface area contributed by atoms with Crippen LogP contribution in [-0.2, 0) is 56.7 Å². The molecule has 0 aliphatic heterocycles. The van der Waals surface area contributed by atoms with E-state index in [9.17, 15) is 5.11 Å². The zero-order valence-electron chi connectivity index (χ0n) is 27.0. The highest BCUT2D eigenvalue weighted by atomic mass is 79.9. The van der Waals surface area contributed by atoms with Crippen molar-refractivity contribution in [3.8, 4) is 0 Å². The fourth-order valence-electron chi connectivity index (χ4n) is 5.94. The first-order valence-electron chi connectivity index (χ1n) is 16.4. The molecule has 0 bridgehead atoms. The maximum atomic E-state index is 12.2. The van der Waals surface area contributed by atoms with Crippen LogP contribution in [0.3, 0.4) is 0 Å². The molecule has 49 heavy (non-hydrogen) atoms. The highest BCUT2D eigenvalue weighted by Crippen LogP contribution is 2.35. The van der Waals surface area contributed by atoms with Gasteiger partial charge in [0.15, 0.2) is 0 Å². The Kier molecular flexibility index (Phi) is 13.1. The molecule has 0 amide bonds. The fourth-order valence-corrected chi connectivity index (χ4v) is 6.33. The Morgan fingerprint density at radius 3 is 1.06 bits per heavy atom. The summed E-state index contributed by atoms with van der Waals surface area (Å²) in [6.07, 6.45) is -4.81. The molecular formula is C41H40BrClO6. The lowest BCUT2D eigenvalue weighted by atomic mass is 9.83. The van der Waals surface area contributed by atoms with Crippen LogP contribution >= 0.6 is 27.5 Å². The third-order valence-corrected chi connectivity index (χ3v) is 9.32. The molecule has 8 heteroatoms. The van der Waals surface area contributed by atoms with E-state index in [0.717, 1.165) is 32.3 Å². The van der Waals surface area contributed by atoms with E-state index in [1.165, 1.54) is 0 Å². The Labute approximate surface area is 301 Å². The van der Waals surface area contributed by atoms with Crippen LogP contribution in [0.25, 0.3) is 0 Å². The van der Waals surface area contributed by atoms with E-state index in [2.05, 4.69) is 15.9 Å². The summed E-state index contributed by atoms with van der Waals surface area (Å²) in [7, 11) is 0. The molecule has 1 N–H and O–H groups in total. The van der Waals surface area contributed by atoms with Crippen molar-refractivity contribution in [1.29, 1.82) is 0 Å². The molecule has 0 spiro atoms. The standard InChI is InChI=1S/C41H40BrClO6/c42-34-20-16-32(17-21-34)27-47-39-37(45-24-29-10-4-1-5-11-29)36(44)38(46-25-30-12-6-2-7-13-30)40(48-28-33-18-22-35(43)23-19-33)41(39)49-26-31-14-8-3-9-15-31/h1-23,36-41,44H,24-28H2/t36-,37+,38-,39+,40-,41+/m1/s1. The SMILES string of the molecule is O[C@H]1[C@@H](OCc2ccccc2)[C@@H](OCc2ccc(Cl)cc2)[C@@H](OCc2ccccc2)[C@@H](OCc2ccc(Br)cc2)[C@H]1OCc1ccccc1. The first-order chi connectivity index (χ1) is 24.0. The largest absolute Gasteiger partial charge is 0.387 e. The average Bonchev–Trinajstić information content (AvgIpc) is 3.14. The molecule has 1 aliphatic rings. The third-order valence-electron chi connectivity index (χ3n) is 8.54. The van der Waals surface area contributed by atoms with Crippen LogP contribution in [0.15, 0.2) is 144 Å². The van der Waals surface area contributed by atoms with Crippen molar-refractivity contribution in [2.24, 2.45) is 0 Å². The Bertz CT molecular complexity index is 1570. The summed E-state index contributed by atoms with van der Waals surface area (Å²) in [5.74, 6) is 0. The Morgan fingerprint density at radius 1 is 0.408 bits per heavy atom. The molecule has 0 aromatic heterocycles. The number of rotatable bonds is 15. The highest BCUT2D eigenvalue weighted by molar-refractivity contribution is 9.10. The minimum Gasteiger partial charge on any atom is -0.387 e. The minimum atomic E-state index is -1.10. The van der Waals surface area contributed by atoms with Gasteiger partial charge >= 0.3 is 0 Å². The van der Waals surface area contributed by atoms with Crippen LogP contribution in [0.2, 0.25) is 5.02 Å². The minimum absolute atomic E-state index is 0.250. The van der Waals surface area contributed by atoms with Crippen molar-refractivity contribution >= 4 is 27.5 Å². The van der Waals surface area contributed by atoms with Crippen molar-refractivity contribution in [1.82, 2.24) is 0 Å². The quantitative estimate of drug-likeness (QED) is 0.116. The van der Waals surface area contributed by atoms with E-state index >= 15 is 0 Å². The van der Waals surface area contributed by atoms with E-state index in [4.69, 9.17) is 35.3 Å². The van der Waals surface area contributed by atoms with E-state index in [0.29, 0.717) is 11.6 Å². The second kappa shape index (κ2) is 18.0. The predicted octanol–water partition coefficient (Wildman–Crippen LogP) is 8.70. The predicted molar refractivity (Wildman–Crippen MR) is 194 cm³/mol. The van der Waals surface area contributed by atoms with Crippen molar-refractivity contribution in [3.05, 3.63) is 177 Å². The summed E-state index contributed by atoms with van der Waals surface area (Å²) in [5, 5.41) is 12.8. The Hall–Kier alpha value is -3.37. The summed E-state index contributed by atoms with van der Waals surface area (Å²) < 4.78 is 34.3. The van der Waals surface area contributed by atoms with Crippen molar-refractivity contribution in [3.63, 3.8) is 0 Å². The van der Waals surface area contributed by atoms with E-state index < -0.39 is 36.6 Å². The lowest BCUT2D eigenvalue weighted by Gasteiger charge is -2.48. The van der Waals surface area contributed by atoms with Gasteiger partial charge in [0.1, 0.15) is 36.6 Å². The van der Waals surface area contributed by atoms with Crippen molar-refractivity contribution < 1.29 is 28.8 Å². The number of hydrogen-bond donors (Lipinski definition) is 1. The number of ether oxygens (including phenoxy) is 5. The van der Waals surface area contributed by atoms with Gasteiger partial charge in [-0.15, -0.1) is 0 Å². The monoisotopic (exact) mass is 742 g/mol. The average molecular weight is 744 g/mol. The van der Waals surface area contributed by atoms with Gasteiger partial charge in [-0.3, -0.25) is 0 Å². The van der Waals surface area contributed by atoms with E-state index in [-0.39, 0.29) is 26.4 Å². The van der Waals surface area contributed by atoms with Gasteiger partial charge in [-0.2, -0.15) is 0 Å². The number of halogens is 2. The van der Waals surface area contributed by atoms with E-state index in [1.54, 1.807) is 0 Å². The van der Waals surface area contributed by atoms with Crippen LogP contribution in [0.5, 0.6) is 0 Å². The number of aliphatic hydroxyl groups excluding tert-OH is 1. The van der Waals surface area contributed by atoms with Gasteiger partial charge in [-0.25, -0.2) is 0 Å². The molecule has 5 aromatic carbocycles. The van der Waals surface area contributed by atoms with Gasteiger partial charge < -0.3 is 28.8 Å². The molecule has 254 valence electrons. The lowest BCUT2D eigenvalue weighted by molar-refractivity contribution is -0.283. The first-order valence-corrected chi connectivity index (χ1v) is 17.6. The number of hydrogen-bond acceptors (Lipinski definition) is 6. The van der Waals surface area contributed by atoms with Gasteiger partial charge in [0.25, 0.3) is 0 Å². The Balaban J connectivity index is 1.35. The fraction of sp³-hybridized carbons (Fsp3) is 0.268. The van der Waals surface area contributed by atoms with Gasteiger partial charge in [0.05, 0.1) is 33.0 Å². The first kappa shape index (κ1) is 35.5. The normalized spacial score (nSPS) is 22.2. The molecule has 0 unspecified atom stereocenters. The molecule has 1 saturated carbocycles. The van der Waals surface area contributed by atoms with Crippen molar-refractivity contribution in [2.45, 2.75) is 69.7 Å². The summed E-state index contributed by atoms with van der Waals surface area (Å²) >= 11 is 9.70. The van der Waals surface area contributed by atoms with Crippen LogP contribution in [-0.4, -0.2) is 41.7 Å². The smallest absolute Gasteiger partial charge is 0.116 e. The zero-order valence-corrected chi connectivity index (χ0v) is 29.4. The number of benzene rings is 5. The van der Waals surface area contributed by atoms with Crippen LogP contribution < -0.4 is 0 Å². The molecule has 6 nitrogen and oxygen atoms in total. The molecule has 6 atom stereocenters. The second-order valence-electron chi connectivity index (χ2n) is 12.1. The highest BCUT2D eigenvalue weighted by Gasteiger charge is 2.54. The summed E-state index contributed by atoms with van der Waals surface area (Å²) in [6.45, 7) is 1.37. The topological polar surface area (TPSA) is 66.4 Å².